The van der Waals surface area contributed by atoms with Crippen LogP contribution in [0.4, 0.5) is 5.69 Å². The van der Waals surface area contributed by atoms with Crippen molar-refractivity contribution in [3.05, 3.63) is 29.8 Å². The van der Waals surface area contributed by atoms with Gasteiger partial charge in [-0.3, -0.25) is 4.79 Å². The van der Waals surface area contributed by atoms with Gasteiger partial charge in [0.15, 0.2) is 0 Å². The highest BCUT2D eigenvalue weighted by molar-refractivity contribution is 5.82. The lowest BCUT2D eigenvalue weighted by molar-refractivity contribution is -0.129. The van der Waals surface area contributed by atoms with E-state index >= 15 is 0 Å². The Kier molecular flexibility index (Phi) is 5.01. The molecule has 0 spiro atoms. The molecule has 1 amide bonds. The van der Waals surface area contributed by atoms with Crippen molar-refractivity contribution in [1.29, 1.82) is 0 Å². The van der Waals surface area contributed by atoms with Gasteiger partial charge in [-0.05, 0) is 30.2 Å². The molecule has 0 atom stereocenters. The standard InChI is InChI=1S/C16H25N3O/c1-13(2)10-17-11-14-4-6-15(7-5-14)19-9-8-18(3)16(20)12-19/h4-7,13,17H,8-12H2,1-3H3. The van der Waals surface area contributed by atoms with Crippen molar-refractivity contribution in [2.75, 3.05) is 38.1 Å². The predicted molar refractivity (Wildman–Crippen MR) is 82.8 cm³/mol. The van der Waals surface area contributed by atoms with Crippen LogP contribution in [-0.2, 0) is 11.3 Å². The van der Waals surface area contributed by atoms with Gasteiger partial charge in [-0.25, -0.2) is 0 Å². The second kappa shape index (κ2) is 6.75. The van der Waals surface area contributed by atoms with E-state index in [2.05, 4.69) is 48.3 Å². The van der Waals surface area contributed by atoms with Gasteiger partial charge in [0.25, 0.3) is 0 Å². The van der Waals surface area contributed by atoms with E-state index in [1.54, 1.807) is 4.90 Å². The van der Waals surface area contributed by atoms with Gasteiger partial charge in [-0.15, -0.1) is 0 Å². The average Bonchev–Trinajstić information content (AvgIpc) is 2.42. The molecule has 1 fully saturated rings. The van der Waals surface area contributed by atoms with Crippen molar-refractivity contribution >= 4 is 11.6 Å². The van der Waals surface area contributed by atoms with Gasteiger partial charge in [-0.1, -0.05) is 26.0 Å². The molecule has 0 saturated carbocycles. The Morgan fingerprint density at radius 2 is 1.90 bits per heavy atom. The van der Waals surface area contributed by atoms with Gasteiger partial charge in [0, 0.05) is 32.4 Å². The molecule has 1 N–H and O–H groups in total. The van der Waals surface area contributed by atoms with Crippen molar-refractivity contribution in [2.24, 2.45) is 5.92 Å². The Hall–Kier alpha value is -1.55. The van der Waals surface area contributed by atoms with Crippen LogP contribution < -0.4 is 10.2 Å². The molecule has 2 rings (SSSR count). The third kappa shape index (κ3) is 3.97. The molecule has 0 bridgehead atoms. The summed E-state index contributed by atoms with van der Waals surface area (Å²) in [4.78, 5) is 15.7. The van der Waals surface area contributed by atoms with Gasteiger partial charge >= 0.3 is 0 Å². The quantitative estimate of drug-likeness (QED) is 0.888. The van der Waals surface area contributed by atoms with Gasteiger partial charge < -0.3 is 15.1 Å². The summed E-state index contributed by atoms with van der Waals surface area (Å²) >= 11 is 0. The van der Waals surface area contributed by atoms with Crippen LogP contribution in [0, 0.1) is 5.92 Å². The number of piperazine rings is 1. The van der Waals surface area contributed by atoms with E-state index in [4.69, 9.17) is 0 Å². The Morgan fingerprint density at radius 1 is 1.20 bits per heavy atom. The lowest BCUT2D eigenvalue weighted by Gasteiger charge is -2.33. The van der Waals surface area contributed by atoms with Gasteiger partial charge in [0.1, 0.15) is 0 Å². The summed E-state index contributed by atoms with van der Waals surface area (Å²) in [6.45, 7) is 8.56. The SMILES string of the molecule is CC(C)CNCc1ccc(N2CCN(C)C(=O)C2)cc1. The van der Waals surface area contributed by atoms with Gasteiger partial charge in [0.05, 0.1) is 6.54 Å². The molecular formula is C16H25N3O. The number of rotatable bonds is 5. The number of benzene rings is 1. The molecule has 0 unspecified atom stereocenters. The van der Waals surface area contributed by atoms with Crippen LogP contribution in [0.5, 0.6) is 0 Å². The normalized spacial score (nSPS) is 16.1. The molecule has 0 aromatic heterocycles. The number of amides is 1. The molecule has 20 heavy (non-hydrogen) atoms. The van der Waals surface area contributed by atoms with Crippen LogP contribution >= 0.6 is 0 Å². The third-order valence-electron chi connectivity index (χ3n) is 3.64. The van der Waals surface area contributed by atoms with Gasteiger partial charge in [0.2, 0.25) is 5.91 Å². The zero-order chi connectivity index (χ0) is 14.5. The molecule has 0 aliphatic carbocycles. The Labute approximate surface area is 121 Å². The summed E-state index contributed by atoms with van der Waals surface area (Å²) < 4.78 is 0. The maximum atomic E-state index is 11.7. The molecule has 1 aliphatic rings. The lowest BCUT2D eigenvalue weighted by atomic mass is 10.1. The molecule has 4 heteroatoms. The highest BCUT2D eigenvalue weighted by atomic mass is 16.2. The molecule has 1 saturated heterocycles. The van der Waals surface area contributed by atoms with Gasteiger partial charge in [-0.2, -0.15) is 0 Å². The summed E-state index contributed by atoms with van der Waals surface area (Å²) in [5.41, 5.74) is 2.42. The molecule has 4 nitrogen and oxygen atoms in total. The molecule has 110 valence electrons. The maximum absolute atomic E-state index is 11.7. The van der Waals surface area contributed by atoms with E-state index in [1.807, 2.05) is 7.05 Å². The zero-order valence-corrected chi connectivity index (χ0v) is 12.7. The minimum Gasteiger partial charge on any atom is -0.360 e. The average molecular weight is 275 g/mol. The van der Waals surface area contributed by atoms with E-state index in [0.717, 1.165) is 31.9 Å². The minimum absolute atomic E-state index is 0.193. The largest absolute Gasteiger partial charge is 0.360 e. The summed E-state index contributed by atoms with van der Waals surface area (Å²) in [7, 11) is 1.86. The summed E-state index contributed by atoms with van der Waals surface area (Å²) in [5.74, 6) is 0.865. The number of carbonyl (C=O) groups excluding carboxylic acids is 1. The first-order valence-electron chi connectivity index (χ1n) is 7.35. The Morgan fingerprint density at radius 3 is 2.50 bits per heavy atom. The fourth-order valence-corrected chi connectivity index (χ4v) is 2.31. The number of hydrogen-bond donors (Lipinski definition) is 1. The van der Waals surface area contributed by atoms with Crippen molar-refractivity contribution in [3.63, 3.8) is 0 Å². The van der Waals surface area contributed by atoms with Crippen LogP contribution in [0.15, 0.2) is 24.3 Å². The number of nitrogens with one attached hydrogen (secondary N) is 1. The summed E-state index contributed by atoms with van der Waals surface area (Å²) in [6.07, 6.45) is 0. The topological polar surface area (TPSA) is 35.6 Å². The highest BCUT2D eigenvalue weighted by Gasteiger charge is 2.20. The second-order valence-corrected chi connectivity index (χ2v) is 5.93. The van der Waals surface area contributed by atoms with E-state index in [1.165, 1.54) is 5.56 Å². The molecule has 1 aliphatic heterocycles. The predicted octanol–water partition coefficient (Wildman–Crippen LogP) is 1.71. The number of likely N-dealkylation sites (N-methyl/N-ethyl adjacent to an activating group) is 1. The first-order chi connectivity index (χ1) is 9.56. The van der Waals surface area contributed by atoms with Crippen molar-refractivity contribution < 1.29 is 4.79 Å². The van der Waals surface area contributed by atoms with Crippen molar-refractivity contribution in [1.82, 2.24) is 10.2 Å². The summed E-state index contributed by atoms with van der Waals surface area (Å²) in [5, 5.41) is 3.44. The van der Waals surface area contributed by atoms with E-state index in [-0.39, 0.29) is 5.91 Å². The lowest BCUT2D eigenvalue weighted by Crippen LogP contribution is -2.48. The number of hydrogen-bond acceptors (Lipinski definition) is 3. The van der Waals surface area contributed by atoms with Crippen molar-refractivity contribution in [2.45, 2.75) is 20.4 Å². The molecule has 1 aromatic rings. The van der Waals surface area contributed by atoms with Crippen LogP contribution in [0.25, 0.3) is 0 Å². The monoisotopic (exact) mass is 275 g/mol. The minimum atomic E-state index is 0.193. The molecule has 0 radical (unpaired) electrons. The van der Waals surface area contributed by atoms with Crippen LogP contribution in [0.3, 0.4) is 0 Å². The fourth-order valence-electron chi connectivity index (χ4n) is 2.31. The highest BCUT2D eigenvalue weighted by Crippen LogP contribution is 2.17. The fraction of sp³-hybridized carbons (Fsp3) is 0.562. The van der Waals surface area contributed by atoms with E-state index < -0.39 is 0 Å². The van der Waals surface area contributed by atoms with Crippen LogP contribution in [0.2, 0.25) is 0 Å². The third-order valence-corrected chi connectivity index (χ3v) is 3.64. The summed E-state index contributed by atoms with van der Waals surface area (Å²) in [6, 6.07) is 8.52. The second-order valence-electron chi connectivity index (χ2n) is 5.93. The van der Waals surface area contributed by atoms with E-state index in [0.29, 0.717) is 12.5 Å². The van der Waals surface area contributed by atoms with Crippen LogP contribution in [-0.4, -0.2) is 44.0 Å². The first kappa shape index (κ1) is 14.9. The van der Waals surface area contributed by atoms with Crippen molar-refractivity contribution in [3.8, 4) is 0 Å². The Bertz CT molecular complexity index is 442. The number of carbonyl (C=O) groups is 1. The number of nitrogens with zero attached hydrogens (tertiary/aromatic N) is 2. The first-order valence-corrected chi connectivity index (χ1v) is 7.35. The van der Waals surface area contributed by atoms with E-state index in [9.17, 15) is 4.79 Å². The smallest absolute Gasteiger partial charge is 0.241 e. The zero-order valence-electron chi connectivity index (χ0n) is 12.7. The molecule has 1 aromatic carbocycles. The number of anilines is 1. The Balaban J connectivity index is 1.89. The molecular weight excluding hydrogens is 250 g/mol. The van der Waals surface area contributed by atoms with Crippen LogP contribution in [0.1, 0.15) is 19.4 Å². The maximum Gasteiger partial charge on any atom is 0.241 e. The molecule has 1 heterocycles.